The van der Waals surface area contributed by atoms with E-state index in [1.807, 2.05) is 24.4 Å². The van der Waals surface area contributed by atoms with Gasteiger partial charge in [-0.05, 0) is 42.7 Å². The third kappa shape index (κ3) is 3.37. The average Bonchev–Trinajstić information content (AvgIpc) is 3.06. The molecular weight excluding hydrogens is 326 g/mol. The van der Waals surface area contributed by atoms with E-state index in [9.17, 15) is 13.5 Å². The van der Waals surface area contributed by atoms with Crippen LogP contribution in [-0.4, -0.2) is 30.9 Å². The van der Waals surface area contributed by atoms with Crippen LogP contribution in [0.15, 0.2) is 27.8 Å². The molecule has 0 fully saturated rings. The first-order valence-corrected chi connectivity index (χ1v) is 9.76. The van der Waals surface area contributed by atoms with Crippen LogP contribution in [-0.2, 0) is 23.1 Å². The van der Waals surface area contributed by atoms with Gasteiger partial charge in [-0.25, -0.2) is 8.42 Å². The molecule has 0 radical (unpaired) electrons. The van der Waals surface area contributed by atoms with Gasteiger partial charge in [-0.2, -0.15) is 4.31 Å². The lowest BCUT2D eigenvalue weighted by molar-refractivity contribution is 0.282. The molecule has 0 aliphatic heterocycles. The SMILES string of the molecule is Cc1csc(CO)c1S(=O)(=O)N(C)C(C)Cc1cccs1. The normalized spacial score (nSPS) is 13.8. The Balaban J connectivity index is 2.28. The van der Waals surface area contributed by atoms with Gasteiger partial charge in [0, 0.05) is 18.0 Å². The van der Waals surface area contributed by atoms with Gasteiger partial charge in [0.15, 0.2) is 0 Å². The fraction of sp³-hybridized carbons (Fsp3) is 0.429. The number of sulfonamides is 1. The molecule has 0 aliphatic rings. The molecular formula is C14H19NO3S3. The van der Waals surface area contributed by atoms with Crippen molar-refractivity contribution < 1.29 is 13.5 Å². The van der Waals surface area contributed by atoms with Crippen LogP contribution < -0.4 is 0 Å². The molecule has 1 atom stereocenters. The number of thiophene rings is 2. The molecule has 1 N–H and O–H groups in total. The number of aliphatic hydroxyl groups excluding tert-OH is 1. The quantitative estimate of drug-likeness (QED) is 0.876. The summed E-state index contributed by atoms with van der Waals surface area (Å²) in [5.41, 5.74) is 0.694. The number of aryl methyl sites for hydroxylation is 1. The Morgan fingerprint density at radius 2 is 2.10 bits per heavy atom. The smallest absolute Gasteiger partial charge is 0.244 e. The Kier molecular flexibility index (Phi) is 5.21. The van der Waals surface area contributed by atoms with Crippen LogP contribution in [0.25, 0.3) is 0 Å². The minimum Gasteiger partial charge on any atom is -0.391 e. The standard InChI is InChI=1S/C14H19NO3S3/c1-10-9-20-13(8-16)14(10)21(17,18)15(3)11(2)7-12-5-4-6-19-12/h4-6,9,11,16H,7-8H2,1-3H3. The molecule has 1 unspecified atom stereocenters. The summed E-state index contributed by atoms with van der Waals surface area (Å²) in [4.78, 5) is 1.92. The van der Waals surface area contributed by atoms with Crippen LogP contribution >= 0.6 is 22.7 Å². The predicted octanol–water partition coefficient (Wildman–Crippen LogP) is 2.86. The number of hydrogen-bond donors (Lipinski definition) is 1. The summed E-state index contributed by atoms with van der Waals surface area (Å²) in [6, 6.07) is 3.84. The summed E-state index contributed by atoms with van der Waals surface area (Å²) in [6.45, 7) is 3.41. The molecule has 0 saturated carbocycles. The molecule has 116 valence electrons. The Bertz CT molecular complexity index is 689. The highest BCUT2D eigenvalue weighted by molar-refractivity contribution is 7.89. The number of likely N-dealkylation sites (N-methyl/N-ethyl adjacent to an activating group) is 1. The molecule has 21 heavy (non-hydrogen) atoms. The molecule has 0 aromatic carbocycles. The summed E-state index contributed by atoms with van der Waals surface area (Å²) in [7, 11) is -1.98. The summed E-state index contributed by atoms with van der Waals surface area (Å²) in [5.74, 6) is 0. The Hall–Kier alpha value is -0.730. The minimum atomic E-state index is -3.58. The van der Waals surface area contributed by atoms with Crippen molar-refractivity contribution in [3.05, 3.63) is 38.2 Å². The van der Waals surface area contributed by atoms with Crippen molar-refractivity contribution in [3.8, 4) is 0 Å². The van der Waals surface area contributed by atoms with Crippen molar-refractivity contribution in [2.24, 2.45) is 0 Å². The lowest BCUT2D eigenvalue weighted by atomic mass is 10.2. The average molecular weight is 346 g/mol. The maximum atomic E-state index is 12.8. The molecule has 0 spiro atoms. The molecule has 2 aromatic heterocycles. The van der Waals surface area contributed by atoms with E-state index in [0.717, 1.165) is 4.88 Å². The summed E-state index contributed by atoms with van der Waals surface area (Å²) in [6.07, 6.45) is 0.686. The van der Waals surface area contributed by atoms with Gasteiger partial charge in [0.2, 0.25) is 10.0 Å². The number of aliphatic hydroxyl groups is 1. The zero-order valence-corrected chi connectivity index (χ0v) is 14.7. The maximum absolute atomic E-state index is 12.8. The molecule has 4 nitrogen and oxygen atoms in total. The van der Waals surface area contributed by atoms with Gasteiger partial charge < -0.3 is 5.11 Å². The lowest BCUT2D eigenvalue weighted by Gasteiger charge is -2.24. The number of nitrogens with zero attached hydrogens (tertiary/aromatic N) is 1. The van der Waals surface area contributed by atoms with Crippen LogP contribution in [0.4, 0.5) is 0 Å². The Labute approximate surface area is 133 Å². The van der Waals surface area contributed by atoms with Crippen molar-refractivity contribution in [1.29, 1.82) is 0 Å². The first-order valence-electron chi connectivity index (χ1n) is 6.56. The first-order chi connectivity index (χ1) is 9.87. The molecule has 0 saturated heterocycles. The van der Waals surface area contributed by atoms with E-state index in [-0.39, 0.29) is 17.5 Å². The van der Waals surface area contributed by atoms with Crippen molar-refractivity contribution in [2.75, 3.05) is 7.05 Å². The minimum absolute atomic E-state index is 0.139. The van der Waals surface area contributed by atoms with Crippen molar-refractivity contribution in [3.63, 3.8) is 0 Å². The van der Waals surface area contributed by atoms with Crippen LogP contribution in [0.1, 0.15) is 22.2 Å². The highest BCUT2D eigenvalue weighted by Crippen LogP contribution is 2.30. The van der Waals surface area contributed by atoms with Gasteiger partial charge >= 0.3 is 0 Å². The number of rotatable bonds is 6. The second-order valence-electron chi connectivity index (χ2n) is 4.98. The van der Waals surface area contributed by atoms with Crippen molar-refractivity contribution in [2.45, 2.75) is 37.8 Å². The third-order valence-corrected chi connectivity index (χ3v) is 7.79. The molecule has 2 rings (SSSR count). The molecule has 2 heterocycles. The van der Waals surface area contributed by atoms with Crippen molar-refractivity contribution >= 4 is 32.7 Å². The summed E-state index contributed by atoms with van der Waals surface area (Å²) >= 11 is 2.91. The van der Waals surface area contributed by atoms with Crippen LogP contribution in [0.5, 0.6) is 0 Å². The lowest BCUT2D eigenvalue weighted by Crippen LogP contribution is -2.36. The fourth-order valence-electron chi connectivity index (χ4n) is 2.17. The van der Waals surface area contributed by atoms with Crippen LogP contribution in [0.3, 0.4) is 0 Å². The van der Waals surface area contributed by atoms with Crippen LogP contribution in [0.2, 0.25) is 0 Å². The van der Waals surface area contributed by atoms with Gasteiger partial charge in [-0.1, -0.05) is 6.07 Å². The highest BCUT2D eigenvalue weighted by atomic mass is 32.2. The third-order valence-electron chi connectivity index (χ3n) is 3.47. The predicted molar refractivity (Wildman–Crippen MR) is 87.4 cm³/mol. The van der Waals surface area contributed by atoms with Crippen molar-refractivity contribution in [1.82, 2.24) is 4.31 Å². The summed E-state index contributed by atoms with van der Waals surface area (Å²) < 4.78 is 27.0. The molecule has 0 amide bonds. The van der Waals surface area contributed by atoms with Crippen LogP contribution in [0, 0.1) is 6.92 Å². The Morgan fingerprint density at radius 3 is 2.67 bits per heavy atom. The van der Waals surface area contributed by atoms with E-state index in [4.69, 9.17) is 0 Å². The second kappa shape index (κ2) is 6.58. The largest absolute Gasteiger partial charge is 0.391 e. The van der Waals surface area contributed by atoms with E-state index >= 15 is 0 Å². The van der Waals surface area contributed by atoms with E-state index in [2.05, 4.69) is 0 Å². The monoisotopic (exact) mass is 345 g/mol. The van der Waals surface area contributed by atoms with Gasteiger partial charge in [0.25, 0.3) is 0 Å². The topological polar surface area (TPSA) is 57.6 Å². The van der Waals surface area contributed by atoms with E-state index in [1.165, 1.54) is 15.6 Å². The van der Waals surface area contributed by atoms with Gasteiger partial charge in [-0.3, -0.25) is 0 Å². The molecule has 0 bridgehead atoms. The first kappa shape index (κ1) is 16.6. The van der Waals surface area contributed by atoms with Gasteiger partial charge in [0.1, 0.15) is 4.90 Å². The summed E-state index contributed by atoms with van der Waals surface area (Å²) in [5, 5.41) is 13.1. The number of hydrogen-bond acceptors (Lipinski definition) is 5. The molecule has 7 heteroatoms. The second-order valence-corrected chi connectivity index (χ2v) is 8.91. The highest BCUT2D eigenvalue weighted by Gasteiger charge is 2.30. The van der Waals surface area contributed by atoms with Gasteiger partial charge in [0.05, 0.1) is 11.5 Å². The Morgan fingerprint density at radius 1 is 1.38 bits per heavy atom. The van der Waals surface area contributed by atoms with E-state index in [0.29, 0.717) is 16.9 Å². The molecule has 0 aliphatic carbocycles. The fourth-order valence-corrected chi connectivity index (χ4v) is 5.97. The van der Waals surface area contributed by atoms with Gasteiger partial charge in [-0.15, -0.1) is 22.7 Å². The maximum Gasteiger partial charge on any atom is 0.244 e. The van der Waals surface area contributed by atoms with E-state index in [1.54, 1.807) is 30.7 Å². The molecule has 2 aromatic rings. The zero-order valence-electron chi connectivity index (χ0n) is 12.2. The zero-order chi connectivity index (χ0) is 15.6. The van der Waals surface area contributed by atoms with E-state index < -0.39 is 10.0 Å².